The lowest BCUT2D eigenvalue weighted by atomic mass is 10.2. The number of hydrogen-bond acceptors (Lipinski definition) is 4. The molecule has 1 N–H and O–H groups in total. The Kier molecular flexibility index (Phi) is 3.81. The van der Waals surface area contributed by atoms with E-state index in [2.05, 4.69) is 29.2 Å². The van der Waals surface area contributed by atoms with Crippen molar-refractivity contribution in [2.75, 3.05) is 6.54 Å². The van der Waals surface area contributed by atoms with Crippen LogP contribution in [-0.4, -0.2) is 21.3 Å². The van der Waals surface area contributed by atoms with Gasteiger partial charge in [0.1, 0.15) is 6.26 Å². The van der Waals surface area contributed by atoms with Gasteiger partial charge in [-0.05, 0) is 12.5 Å². The largest absolute Gasteiger partial charge is 0.430 e. The van der Waals surface area contributed by atoms with Crippen LogP contribution in [0.4, 0.5) is 0 Å². The molecule has 0 aliphatic carbocycles. The van der Waals surface area contributed by atoms with Crippen molar-refractivity contribution in [2.45, 2.75) is 20.4 Å². The van der Waals surface area contributed by atoms with E-state index in [1.165, 1.54) is 4.68 Å². The normalized spacial score (nSPS) is 11.3. The molecule has 0 aliphatic heterocycles. The summed E-state index contributed by atoms with van der Waals surface area (Å²) in [5, 5.41) is 7.87. The second-order valence-electron chi connectivity index (χ2n) is 4.25. The molecule has 0 saturated heterocycles. The smallest absolute Gasteiger partial charge is 0.322 e. The molecule has 0 saturated carbocycles. The van der Waals surface area contributed by atoms with Crippen LogP contribution in [0, 0.1) is 5.92 Å². The van der Waals surface area contributed by atoms with Crippen LogP contribution in [0.1, 0.15) is 19.5 Å². The molecule has 0 radical (unpaired) electrons. The fourth-order valence-electron chi connectivity index (χ4n) is 1.38. The number of nitrogens with one attached hydrogen (secondary N) is 1. The predicted octanol–water partition coefficient (Wildman–Crippen LogP) is 2.26. The van der Waals surface area contributed by atoms with Crippen molar-refractivity contribution in [1.82, 2.24) is 20.1 Å². The van der Waals surface area contributed by atoms with E-state index in [1.54, 1.807) is 18.7 Å². The van der Waals surface area contributed by atoms with Gasteiger partial charge in [-0.3, -0.25) is 0 Å². The molecule has 0 amide bonds. The minimum atomic E-state index is 0.429. The molecule has 2 heterocycles. The quantitative estimate of drug-likeness (QED) is 0.889. The number of oxazole rings is 1. The van der Waals surface area contributed by atoms with Crippen molar-refractivity contribution >= 4 is 11.6 Å². The summed E-state index contributed by atoms with van der Waals surface area (Å²) in [6, 6.07) is 0.429. The first-order valence-electron chi connectivity index (χ1n) is 5.51. The summed E-state index contributed by atoms with van der Waals surface area (Å²) in [5.41, 5.74) is 0.854. The van der Waals surface area contributed by atoms with Gasteiger partial charge >= 0.3 is 6.01 Å². The maximum absolute atomic E-state index is 5.77. The Labute approximate surface area is 105 Å². The third kappa shape index (κ3) is 3.31. The van der Waals surface area contributed by atoms with Gasteiger partial charge in [0.15, 0.2) is 0 Å². The third-order valence-corrected chi connectivity index (χ3v) is 2.34. The summed E-state index contributed by atoms with van der Waals surface area (Å²) in [5.74, 6) is 0.617. The van der Waals surface area contributed by atoms with Crippen LogP contribution in [0.15, 0.2) is 23.1 Å². The zero-order chi connectivity index (χ0) is 12.3. The van der Waals surface area contributed by atoms with Gasteiger partial charge in [0.05, 0.1) is 23.1 Å². The second-order valence-corrected chi connectivity index (χ2v) is 4.69. The van der Waals surface area contributed by atoms with Crippen molar-refractivity contribution < 1.29 is 4.42 Å². The number of nitrogens with zero attached hydrogens (tertiary/aromatic N) is 3. The monoisotopic (exact) mass is 254 g/mol. The number of rotatable bonds is 5. The van der Waals surface area contributed by atoms with Crippen LogP contribution in [-0.2, 0) is 6.54 Å². The van der Waals surface area contributed by atoms with Crippen molar-refractivity contribution in [1.29, 1.82) is 0 Å². The van der Waals surface area contributed by atoms with Crippen molar-refractivity contribution in [2.24, 2.45) is 5.92 Å². The van der Waals surface area contributed by atoms with E-state index in [0.717, 1.165) is 12.2 Å². The van der Waals surface area contributed by atoms with E-state index in [1.807, 2.05) is 0 Å². The highest BCUT2D eigenvalue weighted by atomic mass is 35.5. The van der Waals surface area contributed by atoms with Crippen LogP contribution in [0.25, 0.3) is 6.01 Å². The van der Waals surface area contributed by atoms with Gasteiger partial charge in [0.2, 0.25) is 0 Å². The lowest BCUT2D eigenvalue weighted by Crippen LogP contribution is -2.19. The SMILES string of the molecule is CC(C)CNCc1coc(-n2cc(Cl)cn2)n1. The molecular formula is C11H15ClN4O. The molecule has 0 fully saturated rings. The van der Waals surface area contributed by atoms with Crippen LogP contribution >= 0.6 is 11.6 Å². The fraction of sp³-hybridized carbons (Fsp3) is 0.455. The van der Waals surface area contributed by atoms with E-state index in [9.17, 15) is 0 Å². The highest BCUT2D eigenvalue weighted by molar-refractivity contribution is 6.30. The van der Waals surface area contributed by atoms with Crippen molar-refractivity contribution in [3.8, 4) is 6.01 Å². The molecule has 0 unspecified atom stereocenters. The molecule has 0 spiro atoms. The van der Waals surface area contributed by atoms with Crippen LogP contribution < -0.4 is 5.32 Å². The molecule has 92 valence electrons. The summed E-state index contributed by atoms with van der Waals surface area (Å²) in [7, 11) is 0. The fourth-order valence-corrected chi connectivity index (χ4v) is 1.51. The summed E-state index contributed by atoms with van der Waals surface area (Å²) < 4.78 is 6.82. The Balaban J connectivity index is 1.96. The Morgan fingerprint density at radius 2 is 2.35 bits per heavy atom. The molecule has 2 aromatic rings. The van der Waals surface area contributed by atoms with Crippen LogP contribution in [0.2, 0.25) is 5.02 Å². The first kappa shape index (κ1) is 12.1. The van der Waals surface area contributed by atoms with Crippen LogP contribution in [0.5, 0.6) is 0 Å². The molecule has 5 nitrogen and oxygen atoms in total. The summed E-state index contributed by atoms with van der Waals surface area (Å²) in [6.45, 7) is 5.96. The average molecular weight is 255 g/mol. The van der Waals surface area contributed by atoms with Gasteiger partial charge in [-0.2, -0.15) is 14.8 Å². The highest BCUT2D eigenvalue weighted by Crippen LogP contribution is 2.11. The zero-order valence-corrected chi connectivity index (χ0v) is 10.6. The number of halogens is 1. The van der Waals surface area contributed by atoms with Crippen LogP contribution in [0.3, 0.4) is 0 Å². The van der Waals surface area contributed by atoms with E-state index < -0.39 is 0 Å². The molecule has 17 heavy (non-hydrogen) atoms. The van der Waals surface area contributed by atoms with Gasteiger partial charge in [0.25, 0.3) is 0 Å². The van der Waals surface area contributed by atoms with Gasteiger partial charge in [-0.1, -0.05) is 25.4 Å². The Morgan fingerprint density at radius 1 is 1.53 bits per heavy atom. The molecular weight excluding hydrogens is 240 g/mol. The predicted molar refractivity (Wildman–Crippen MR) is 65.2 cm³/mol. The lowest BCUT2D eigenvalue weighted by Gasteiger charge is -2.04. The minimum absolute atomic E-state index is 0.429. The molecule has 0 aromatic carbocycles. The highest BCUT2D eigenvalue weighted by Gasteiger charge is 2.07. The van der Waals surface area contributed by atoms with Gasteiger partial charge in [-0.15, -0.1) is 0 Å². The van der Waals surface area contributed by atoms with Gasteiger partial charge in [-0.25, -0.2) is 0 Å². The Hall–Kier alpha value is -1.33. The van der Waals surface area contributed by atoms with E-state index >= 15 is 0 Å². The summed E-state index contributed by atoms with van der Waals surface area (Å²) in [6.07, 6.45) is 4.82. The first-order valence-corrected chi connectivity index (χ1v) is 5.88. The van der Waals surface area contributed by atoms with E-state index in [0.29, 0.717) is 23.5 Å². The number of aromatic nitrogens is 3. The molecule has 0 bridgehead atoms. The standard InChI is InChI=1S/C11H15ClN4O/c1-8(2)3-13-5-10-7-17-11(15-10)16-6-9(12)4-14-16/h4,6-8,13H,3,5H2,1-2H3. The Bertz CT molecular complexity index is 477. The van der Waals surface area contributed by atoms with E-state index in [-0.39, 0.29) is 0 Å². The molecule has 0 atom stereocenters. The average Bonchev–Trinajstić information content (AvgIpc) is 2.86. The third-order valence-electron chi connectivity index (χ3n) is 2.15. The maximum atomic E-state index is 5.77. The number of hydrogen-bond donors (Lipinski definition) is 1. The zero-order valence-electron chi connectivity index (χ0n) is 9.85. The maximum Gasteiger partial charge on any atom is 0.322 e. The van der Waals surface area contributed by atoms with Crippen molar-refractivity contribution in [3.05, 3.63) is 29.4 Å². The lowest BCUT2D eigenvalue weighted by molar-refractivity contribution is 0.508. The van der Waals surface area contributed by atoms with E-state index in [4.69, 9.17) is 16.0 Å². The molecule has 0 aliphatic rings. The second kappa shape index (κ2) is 5.33. The van der Waals surface area contributed by atoms with Gasteiger partial charge < -0.3 is 9.73 Å². The molecule has 6 heteroatoms. The first-order chi connectivity index (χ1) is 8.15. The minimum Gasteiger partial charge on any atom is -0.430 e. The summed E-state index contributed by atoms with van der Waals surface area (Å²) in [4.78, 5) is 4.30. The molecule has 2 rings (SSSR count). The van der Waals surface area contributed by atoms with Crippen molar-refractivity contribution in [3.63, 3.8) is 0 Å². The van der Waals surface area contributed by atoms with Gasteiger partial charge in [0, 0.05) is 6.54 Å². The Morgan fingerprint density at radius 3 is 3.00 bits per heavy atom. The summed E-state index contributed by atoms with van der Waals surface area (Å²) >= 11 is 5.77. The molecule has 2 aromatic heterocycles. The topological polar surface area (TPSA) is 55.9 Å².